The van der Waals surface area contributed by atoms with Crippen LogP contribution >= 0.6 is 22.7 Å². The molecule has 2 aromatic heterocycles. The molecule has 0 saturated carbocycles. The highest BCUT2D eigenvalue weighted by Gasteiger charge is 2.13. The standard InChI is InChI=1S/C33H23NOS2/c35-23-30-19-20-31(36-30)24-11-13-25(14-12-24)32-21-22-33(37-32)26-15-17-29(18-16-26)34(27-7-3-1-4-8-27)28-9-5-2-6-10-28/h1-23H. The minimum atomic E-state index is 0.753. The number of carbonyl (C=O) groups excluding carboxylic acids is 1. The molecule has 0 aliphatic rings. The number of thiophene rings is 2. The Morgan fingerprint density at radius 3 is 1.30 bits per heavy atom. The molecule has 4 heteroatoms. The van der Waals surface area contributed by atoms with Crippen LogP contribution in [0.25, 0.3) is 31.3 Å². The molecule has 0 amide bonds. The van der Waals surface area contributed by atoms with Crippen molar-refractivity contribution < 1.29 is 4.79 Å². The van der Waals surface area contributed by atoms with Gasteiger partial charge in [0.2, 0.25) is 0 Å². The Balaban J connectivity index is 1.25. The van der Waals surface area contributed by atoms with Gasteiger partial charge in [0.15, 0.2) is 6.29 Å². The first-order chi connectivity index (χ1) is 18.3. The van der Waals surface area contributed by atoms with Crippen molar-refractivity contribution in [2.75, 3.05) is 4.90 Å². The molecule has 0 atom stereocenters. The predicted octanol–water partition coefficient (Wildman–Crippen LogP) is 10.1. The molecule has 0 unspecified atom stereocenters. The van der Waals surface area contributed by atoms with Crippen molar-refractivity contribution >= 4 is 46.0 Å². The Hall–Kier alpha value is -4.25. The lowest BCUT2D eigenvalue weighted by Crippen LogP contribution is -2.09. The molecular formula is C33H23NOS2. The van der Waals surface area contributed by atoms with Crippen LogP contribution in [0.5, 0.6) is 0 Å². The van der Waals surface area contributed by atoms with E-state index in [-0.39, 0.29) is 0 Å². The maximum atomic E-state index is 11.0. The van der Waals surface area contributed by atoms with Crippen LogP contribution in [0.2, 0.25) is 0 Å². The van der Waals surface area contributed by atoms with Gasteiger partial charge >= 0.3 is 0 Å². The van der Waals surface area contributed by atoms with Crippen molar-refractivity contribution in [2.45, 2.75) is 0 Å². The van der Waals surface area contributed by atoms with Crippen molar-refractivity contribution in [3.8, 4) is 31.3 Å². The van der Waals surface area contributed by atoms with Crippen LogP contribution in [-0.2, 0) is 0 Å². The van der Waals surface area contributed by atoms with E-state index in [2.05, 4.69) is 114 Å². The van der Waals surface area contributed by atoms with Crippen molar-refractivity contribution in [3.05, 3.63) is 138 Å². The smallest absolute Gasteiger partial charge is 0.160 e. The van der Waals surface area contributed by atoms with Crippen molar-refractivity contribution in [2.24, 2.45) is 0 Å². The van der Waals surface area contributed by atoms with Crippen LogP contribution < -0.4 is 4.90 Å². The number of anilines is 3. The maximum Gasteiger partial charge on any atom is 0.160 e. The summed E-state index contributed by atoms with van der Waals surface area (Å²) in [5.74, 6) is 0. The second-order valence-electron chi connectivity index (χ2n) is 8.61. The molecule has 0 radical (unpaired) electrons. The van der Waals surface area contributed by atoms with Gasteiger partial charge in [0, 0.05) is 31.7 Å². The summed E-state index contributed by atoms with van der Waals surface area (Å²) in [5.41, 5.74) is 6.93. The zero-order chi connectivity index (χ0) is 25.0. The third-order valence-corrected chi connectivity index (χ3v) is 8.48. The van der Waals surface area contributed by atoms with Crippen LogP contribution in [0, 0.1) is 0 Å². The fraction of sp³-hybridized carbons (Fsp3) is 0. The number of hydrogen-bond acceptors (Lipinski definition) is 4. The van der Waals surface area contributed by atoms with Gasteiger partial charge < -0.3 is 4.90 Å². The molecule has 2 nitrogen and oxygen atoms in total. The molecule has 6 rings (SSSR count). The lowest BCUT2D eigenvalue weighted by molar-refractivity contribution is 0.112. The van der Waals surface area contributed by atoms with Crippen LogP contribution in [0.15, 0.2) is 133 Å². The Kier molecular flexibility index (Phi) is 6.51. The first-order valence-corrected chi connectivity index (χ1v) is 13.7. The Morgan fingerprint density at radius 1 is 0.432 bits per heavy atom. The molecule has 0 spiro atoms. The monoisotopic (exact) mass is 513 g/mol. The van der Waals surface area contributed by atoms with Crippen LogP contribution in [0.3, 0.4) is 0 Å². The lowest BCUT2D eigenvalue weighted by Gasteiger charge is -2.25. The summed E-state index contributed by atoms with van der Waals surface area (Å²) >= 11 is 3.32. The van der Waals surface area contributed by atoms with E-state index in [9.17, 15) is 4.79 Å². The molecule has 0 bridgehead atoms. The largest absolute Gasteiger partial charge is 0.311 e. The molecule has 4 aromatic carbocycles. The molecule has 6 aromatic rings. The summed E-state index contributed by atoms with van der Waals surface area (Å²) in [4.78, 5) is 17.6. The van der Waals surface area contributed by atoms with Gasteiger partial charge in [-0.2, -0.15) is 0 Å². The Labute approximate surface area is 224 Å². The number of para-hydroxylation sites is 2. The van der Waals surface area contributed by atoms with Gasteiger partial charge in [-0.1, -0.05) is 72.8 Å². The Morgan fingerprint density at radius 2 is 0.838 bits per heavy atom. The molecule has 0 aliphatic heterocycles. The summed E-state index contributed by atoms with van der Waals surface area (Å²) in [6.45, 7) is 0. The van der Waals surface area contributed by atoms with E-state index < -0.39 is 0 Å². The average molecular weight is 514 g/mol. The second kappa shape index (κ2) is 10.4. The SMILES string of the molecule is O=Cc1ccc(-c2ccc(-c3ccc(-c4ccc(N(c5ccccc5)c5ccccc5)cc4)s3)cc2)s1. The Bertz CT molecular complexity index is 1580. The van der Waals surface area contributed by atoms with Gasteiger partial charge in [-0.3, -0.25) is 4.79 Å². The maximum absolute atomic E-state index is 11.0. The van der Waals surface area contributed by atoms with E-state index in [1.54, 1.807) is 11.3 Å². The summed E-state index contributed by atoms with van der Waals surface area (Å²) in [5, 5.41) is 0. The number of aldehydes is 1. The number of hydrogen-bond donors (Lipinski definition) is 0. The third kappa shape index (κ3) is 4.90. The summed E-state index contributed by atoms with van der Waals surface area (Å²) in [7, 11) is 0. The van der Waals surface area contributed by atoms with E-state index in [1.807, 2.05) is 24.3 Å². The fourth-order valence-electron chi connectivity index (χ4n) is 4.39. The van der Waals surface area contributed by atoms with Gasteiger partial charge in [-0.25, -0.2) is 0 Å². The summed E-state index contributed by atoms with van der Waals surface area (Å²) in [6.07, 6.45) is 0.906. The molecule has 2 heterocycles. The van der Waals surface area contributed by atoms with Crippen LogP contribution in [-0.4, -0.2) is 6.29 Å². The normalized spacial score (nSPS) is 10.8. The zero-order valence-electron chi connectivity index (χ0n) is 20.0. The predicted molar refractivity (Wildman–Crippen MR) is 159 cm³/mol. The quantitative estimate of drug-likeness (QED) is 0.198. The minimum absolute atomic E-state index is 0.753. The van der Waals surface area contributed by atoms with E-state index >= 15 is 0 Å². The fourth-order valence-corrected chi connectivity index (χ4v) is 6.24. The number of benzene rings is 4. The molecule has 0 N–H and O–H groups in total. The first kappa shape index (κ1) is 23.2. The van der Waals surface area contributed by atoms with Crippen molar-refractivity contribution in [1.82, 2.24) is 0 Å². The topological polar surface area (TPSA) is 20.3 Å². The molecule has 0 aliphatic carbocycles. The van der Waals surface area contributed by atoms with Crippen LogP contribution in [0.1, 0.15) is 9.67 Å². The molecule has 0 saturated heterocycles. The zero-order valence-corrected chi connectivity index (χ0v) is 21.6. The molecule has 0 fully saturated rings. The van der Waals surface area contributed by atoms with Gasteiger partial charge in [-0.15, -0.1) is 22.7 Å². The highest BCUT2D eigenvalue weighted by atomic mass is 32.1. The third-order valence-electron chi connectivity index (χ3n) is 6.24. The summed E-state index contributed by atoms with van der Waals surface area (Å²) < 4.78 is 0. The second-order valence-corrected chi connectivity index (χ2v) is 10.8. The van der Waals surface area contributed by atoms with E-state index in [4.69, 9.17) is 0 Å². The van der Waals surface area contributed by atoms with Gasteiger partial charge in [0.05, 0.1) is 4.88 Å². The van der Waals surface area contributed by atoms with Gasteiger partial charge in [0.25, 0.3) is 0 Å². The molecular weight excluding hydrogens is 491 g/mol. The van der Waals surface area contributed by atoms with E-state index in [0.29, 0.717) is 0 Å². The van der Waals surface area contributed by atoms with Gasteiger partial charge in [-0.05, 0) is 77.4 Å². The van der Waals surface area contributed by atoms with Gasteiger partial charge in [0.1, 0.15) is 0 Å². The van der Waals surface area contributed by atoms with Crippen molar-refractivity contribution in [1.29, 1.82) is 0 Å². The molecule has 178 valence electrons. The van der Waals surface area contributed by atoms with E-state index in [0.717, 1.165) is 38.7 Å². The van der Waals surface area contributed by atoms with Crippen LogP contribution in [0.4, 0.5) is 17.1 Å². The highest BCUT2D eigenvalue weighted by Crippen LogP contribution is 2.39. The minimum Gasteiger partial charge on any atom is -0.311 e. The van der Waals surface area contributed by atoms with Crippen molar-refractivity contribution in [3.63, 3.8) is 0 Å². The van der Waals surface area contributed by atoms with E-state index in [1.165, 1.54) is 32.2 Å². The lowest BCUT2D eigenvalue weighted by atomic mass is 10.1. The first-order valence-electron chi connectivity index (χ1n) is 12.0. The highest BCUT2D eigenvalue weighted by molar-refractivity contribution is 7.18. The average Bonchev–Trinajstić information content (AvgIpc) is 3.66. The number of rotatable bonds is 7. The summed E-state index contributed by atoms with van der Waals surface area (Å²) in [6, 6.07) is 46.6. The number of carbonyl (C=O) groups is 1. The number of nitrogens with zero attached hydrogens (tertiary/aromatic N) is 1. The molecule has 37 heavy (non-hydrogen) atoms.